The number of hydrogen-bond acceptors (Lipinski definition) is 5. The topological polar surface area (TPSA) is 76.1 Å². The fourth-order valence-corrected chi connectivity index (χ4v) is 4.14. The number of aryl methyl sites for hydroxylation is 1. The fourth-order valence-electron chi connectivity index (χ4n) is 4.14. The summed E-state index contributed by atoms with van der Waals surface area (Å²) >= 11 is 0. The van der Waals surface area contributed by atoms with Gasteiger partial charge in [0.05, 0.1) is 30.9 Å². The fraction of sp³-hybridized carbons (Fsp3) is 0.241. The van der Waals surface area contributed by atoms with Crippen LogP contribution in [-0.2, 0) is 9.59 Å². The second-order valence-corrected chi connectivity index (χ2v) is 9.12. The number of rotatable bonds is 7. The van der Waals surface area contributed by atoms with E-state index in [9.17, 15) is 19.1 Å². The van der Waals surface area contributed by atoms with Gasteiger partial charge in [0.15, 0.2) is 0 Å². The molecule has 0 aromatic heterocycles. The first-order chi connectivity index (χ1) is 17.2. The third-order valence-corrected chi connectivity index (χ3v) is 5.95. The summed E-state index contributed by atoms with van der Waals surface area (Å²) < 4.78 is 25.2. The Morgan fingerprint density at radius 3 is 2.31 bits per heavy atom. The first-order valence-electron chi connectivity index (χ1n) is 11.7. The molecule has 1 unspecified atom stereocenters. The number of methoxy groups -OCH3 is 1. The van der Waals surface area contributed by atoms with Gasteiger partial charge >= 0.3 is 0 Å². The van der Waals surface area contributed by atoms with Crippen molar-refractivity contribution in [3.63, 3.8) is 0 Å². The third-order valence-electron chi connectivity index (χ3n) is 5.95. The number of amides is 1. The van der Waals surface area contributed by atoms with Gasteiger partial charge in [-0.15, -0.1) is 0 Å². The molecule has 3 aromatic carbocycles. The number of ketones is 1. The number of Topliss-reactive ketones (excluding diaryl/α,β-unsaturated/α-hetero) is 1. The Morgan fingerprint density at radius 1 is 1.03 bits per heavy atom. The second-order valence-electron chi connectivity index (χ2n) is 9.12. The van der Waals surface area contributed by atoms with E-state index >= 15 is 0 Å². The number of halogens is 1. The van der Waals surface area contributed by atoms with Crippen LogP contribution >= 0.6 is 0 Å². The standard InChI is InChI=1S/C29H28FNO5/c1-17(2)16-36-22-12-7-19(8-13-22)26-25(27(32)23-15-20(30)9-14-24(23)35-4)28(33)29(34)31(26)21-10-5-18(3)6-11-21/h5-15,17,26,32H,16H2,1-4H3/b27-25+. The number of benzene rings is 3. The normalized spacial score (nSPS) is 17.1. The molecule has 1 aliphatic heterocycles. The van der Waals surface area contributed by atoms with Gasteiger partial charge in [0.2, 0.25) is 0 Å². The summed E-state index contributed by atoms with van der Waals surface area (Å²) in [6, 6.07) is 16.9. The molecular weight excluding hydrogens is 461 g/mol. The van der Waals surface area contributed by atoms with Gasteiger partial charge in [0.1, 0.15) is 23.1 Å². The van der Waals surface area contributed by atoms with Crippen molar-refractivity contribution in [1.29, 1.82) is 0 Å². The zero-order valence-electron chi connectivity index (χ0n) is 20.6. The Hall–Kier alpha value is -4.13. The summed E-state index contributed by atoms with van der Waals surface area (Å²) in [5, 5.41) is 11.3. The lowest BCUT2D eigenvalue weighted by atomic mass is 9.94. The molecule has 0 spiro atoms. The molecule has 1 atom stereocenters. The molecule has 6 nitrogen and oxygen atoms in total. The van der Waals surface area contributed by atoms with E-state index in [1.807, 2.05) is 32.9 Å². The first-order valence-corrected chi connectivity index (χ1v) is 11.7. The van der Waals surface area contributed by atoms with Crippen LogP contribution in [0.25, 0.3) is 5.76 Å². The van der Waals surface area contributed by atoms with Gasteiger partial charge in [-0.25, -0.2) is 4.39 Å². The first kappa shape index (κ1) is 25.0. The van der Waals surface area contributed by atoms with Gasteiger partial charge < -0.3 is 14.6 Å². The highest BCUT2D eigenvalue weighted by atomic mass is 19.1. The predicted octanol–water partition coefficient (Wildman–Crippen LogP) is 5.80. The van der Waals surface area contributed by atoms with Crippen LogP contribution in [0, 0.1) is 18.7 Å². The molecule has 4 rings (SSSR count). The van der Waals surface area contributed by atoms with Crippen LogP contribution < -0.4 is 14.4 Å². The molecule has 1 N–H and O–H groups in total. The number of anilines is 1. The molecule has 0 radical (unpaired) electrons. The zero-order valence-corrected chi connectivity index (χ0v) is 20.6. The number of aliphatic hydroxyl groups excluding tert-OH is 1. The summed E-state index contributed by atoms with van der Waals surface area (Å²) in [4.78, 5) is 28.0. The van der Waals surface area contributed by atoms with Crippen LogP contribution in [0.2, 0.25) is 0 Å². The smallest absolute Gasteiger partial charge is 0.300 e. The molecule has 0 saturated carbocycles. The van der Waals surface area contributed by atoms with Crippen molar-refractivity contribution < 1.29 is 28.6 Å². The monoisotopic (exact) mass is 489 g/mol. The van der Waals surface area contributed by atoms with E-state index in [1.54, 1.807) is 36.4 Å². The number of ether oxygens (including phenoxy) is 2. The maximum absolute atomic E-state index is 14.1. The third kappa shape index (κ3) is 4.82. The van der Waals surface area contributed by atoms with E-state index in [4.69, 9.17) is 9.47 Å². The van der Waals surface area contributed by atoms with Gasteiger partial charge in [-0.3, -0.25) is 14.5 Å². The van der Waals surface area contributed by atoms with E-state index in [1.165, 1.54) is 24.1 Å². The summed E-state index contributed by atoms with van der Waals surface area (Å²) in [5.41, 5.74) is 1.91. The number of carbonyl (C=O) groups is 2. The Labute approximate surface area is 209 Å². The highest BCUT2D eigenvalue weighted by molar-refractivity contribution is 6.51. The van der Waals surface area contributed by atoms with Crippen molar-refractivity contribution in [2.75, 3.05) is 18.6 Å². The van der Waals surface area contributed by atoms with Crippen molar-refractivity contribution >= 4 is 23.1 Å². The second kappa shape index (κ2) is 10.2. The molecule has 0 aliphatic carbocycles. The minimum Gasteiger partial charge on any atom is -0.507 e. The number of nitrogens with zero attached hydrogens (tertiary/aromatic N) is 1. The van der Waals surface area contributed by atoms with Crippen molar-refractivity contribution in [1.82, 2.24) is 0 Å². The van der Waals surface area contributed by atoms with Crippen molar-refractivity contribution in [2.45, 2.75) is 26.8 Å². The van der Waals surface area contributed by atoms with Crippen molar-refractivity contribution in [3.05, 3.63) is 94.8 Å². The van der Waals surface area contributed by atoms with E-state index in [0.29, 0.717) is 29.5 Å². The molecule has 186 valence electrons. The minimum absolute atomic E-state index is 0.0127. The van der Waals surface area contributed by atoms with E-state index in [-0.39, 0.29) is 16.9 Å². The molecule has 1 heterocycles. The highest BCUT2D eigenvalue weighted by Gasteiger charge is 2.47. The molecule has 1 amide bonds. The van der Waals surface area contributed by atoms with Crippen LogP contribution in [0.1, 0.15) is 36.6 Å². The van der Waals surface area contributed by atoms with Crippen LogP contribution in [0.4, 0.5) is 10.1 Å². The largest absolute Gasteiger partial charge is 0.507 e. The lowest BCUT2D eigenvalue weighted by Crippen LogP contribution is -2.29. The molecule has 3 aromatic rings. The van der Waals surface area contributed by atoms with E-state index < -0.39 is 29.3 Å². The Bertz CT molecular complexity index is 1310. The van der Waals surface area contributed by atoms with Crippen molar-refractivity contribution in [3.8, 4) is 11.5 Å². The zero-order chi connectivity index (χ0) is 26.0. The van der Waals surface area contributed by atoms with Crippen LogP contribution in [-0.4, -0.2) is 30.5 Å². The molecule has 7 heteroatoms. The summed E-state index contributed by atoms with van der Waals surface area (Å²) in [6.07, 6.45) is 0. The van der Waals surface area contributed by atoms with Crippen molar-refractivity contribution in [2.24, 2.45) is 5.92 Å². The lowest BCUT2D eigenvalue weighted by Gasteiger charge is -2.26. The van der Waals surface area contributed by atoms with Crippen LogP contribution in [0.5, 0.6) is 11.5 Å². The summed E-state index contributed by atoms with van der Waals surface area (Å²) in [7, 11) is 1.38. The number of aliphatic hydroxyl groups is 1. The van der Waals surface area contributed by atoms with Gasteiger partial charge in [-0.2, -0.15) is 0 Å². The van der Waals surface area contributed by atoms with Gasteiger partial charge in [0, 0.05) is 5.69 Å². The quantitative estimate of drug-likeness (QED) is 0.258. The van der Waals surface area contributed by atoms with Crippen LogP contribution in [0.15, 0.2) is 72.3 Å². The molecule has 36 heavy (non-hydrogen) atoms. The number of carbonyl (C=O) groups excluding carboxylic acids is 2. The molecule has 0 bridgehead atoms. The minimum atomic E-state index is -0.945. The summed E-state index contributed by atoms with van der Waals surface area (Å²) in [5.74, 6) is -1.62. The molecule has 1 saturated heterocycles. The Balaban J connectivity index is 1.89. The summed E-state index contributed by atoms with van der Waals surface area (Å²) in [6.45, 7) is 6.55. The molecule has 1 aliphatic rings. The van der Waals surface area contributed by atoms with Gasteiger partial charge in [-0.05, 0) is 60.9 Å². The van der Waals surface area contributed by atoms with Crippen LogP contribution in [0.3, 0.4) is 0 Å². The molecular formula is C29H28FNO5. The average molecular weight is 490 g/mol. The molecule has 1 fully saturated rings. The van der Waals surface area contributed by atoms with E-state index in [0.717, 1.165) is 11.6 Å². The Kier molecular flexibility index (Phi) is 7.10. The predicted molar refractivity (Wildman–Crippen MR) is 136 cm³/mol. The van der Waals surface area contributed by atoms with Gasteiger partial charge in [0.25, 0.3) is 11.7 Å². The SMILES string of the molecule is COc1ccc(F)cc1/C(O)=C1\C(=O)C(=O)N(c2ccc(C)cc2)C1c1ccc(OCC(C)C)cc1. The highest BCUT2D eigenvalue weighted by Crippen LogP contribution is 2.43. The Morgan fingerprint density at radius 2 is 1.69 bits per heavy atom. The number of hydrogen-bond donors (Lipinski definition) is 1. The maximum Gasteiger partial charge on any atom is 0.300 e. The lowest BCUT2D eigenvalue weighted by molar-refractivity contribution is -0.132. The van der Waals surface area contributed by atoms with E-state index in [2.05, 4.69) is 0 Å². The van der Waals surface area contributed by atoms with Gasteiger partial charge in [-0.1, -0.05) is 43.7 Å². The average Bonchev–Trinajstić information content (AvgIpc) is 3.13. The maximum atomic E-state index is 14.1.